The summed E-state index contributed by atoms with van der Waals surface area (Å²) in [6.07, 6.45) is 2.18. The van der Waals surface area contributed by atoms with Crippen molar-refractivity contribution in [2.75, 3.05) is 6.54 Å². The van der Waals surface area contributed by atoms with E-state index < -0.39 is 0 Å². The Bertz CT molecular complexity index is 395. The highest BCUT2D eigenvalue weighted by Gasteiger charge is 2.05. The van der Waals surface area contributed by atoms with E-state index in [9.17, 15) is 4.79 Å². The van der Waals surface area contributed by atoms with Crippen molar-refractivity contribution < 1.29 is 4.79 Å². The quantitative estimate of drug-likeness (QED) is 0.765. The highest BCUT2D eigenvalue weighted by molar-refractivity contribution is 5.92. The molecular formula is C12H15N3O. The van der Waals surface area contributed by atoms with Crippen LogP contribution in [0, 0.1) is 18.3 Å². The topological polar surface area (TPSA) is 65.8 Å². The Morgan fingerprint density at radius 2 is 2.31 bits per heavy atom. The molecule has 1 amide bonds. The van der Waals surface area contributed by atoms with Crippen LogP contribution in [-0.2, 0) is 0 Å². The second-order valence-corrected chi connectivity index (χ2v) is 3.54. The molecule has 0 aliphatic rings. The van der Waals surface area contributed by atoms with Gasteiger partial charge < -0.3 is 5.32 Å². The predicted octanol–water partition coefficient (Wildman–Crippen LogP) is 1.81. The summed E-state index contributed by atoms with van der Waals surface area (Å²) in [6, 6.07) is 7.43. The van der Waals surface area contributed by atoms with Crippen molar-refractivity contribution in [3.05, 3.63) is 29.6 Å². The Hall–Kier alpha value is -1.89. The zero-order chi connectivity index (χ0) is 11.8. The lowest BCUT2D eigenvalue weighted by Crippen LogP contribution is -2.25. The van der Waals surface area contributed by atoms with Crippen LogP contribution in [0.1, 0.15) is 35.4 Å². The van der Waals surface area contributed by atoms with Gasteiger partial charge in [0.15, 0.2) is 0 Å². The number of carbonyl (C=O) groups is 1. The molecule has 0 aromatic carbocycles. The molecule has 0 saturated carbocycles. The van der Waals surface area contributed by atoms with Gasteiger partial charge in [-0.3, -0.25) is 4.79 Å². The van der Waals surface area contributed by atoms with Crippen molar-refractivity contribution in [3.8, 4) is 6.07 Å². The monoisotopic (exact) mass is 217 g/mol. The average molecular weight is 217 g/mol. The minimum atomic E-state index is -0.152. The highest BCUT2D eigenvalue weighted by atomic mass is 16.1. The number of nitrogens with one attached hydrogen (secondary N) is 1. The molecule has 0 atom stereocenters. The van der Waals surface area contributed by atoms with Gasteiger partial charge >= 0.3 is 0 Å². The van der Waals surface area contributed by atoms with Gasteiger partial charge in [-0.2, -0.15) is 5.26 Å². The van der Waals surface area contributed by atoms with Crippen LogP contribution in [0.15, 0.2) is 18.2 Å². The molecule has 0 aliphatic carbocycles. The van der Waals surface area contributed by atoms with Crippen molar-refractivity contribution in [1.82, 2.24) is 10.3 Å². The maximum Gasteiger partial charge on any atom is 0.269 e. The summed E-state index contributed by atoms with van der Waals surface area (Å²) in [4.78, 5) is 15.7. The van der Waals surface area contributed by atoms with Crippen LogP contribution < -0.4 is 5.32 Å². The summed E-state index contributed by atoms with van der Waals surface area (Å²) in [5, 5.41) is 11.1. The Labute approximate surface area is 95.3 Å². The number of amides is 1. The molecule has 4 nitrogen and oxygen atoms in total. The smallest absolute Gasteiger partial charge is 0.269 e. The first-order valence-corrected chi connectivity index (χ1v) is 5.33. The molecule has 0 spiro atoms. The number of hydrogen-bond donors (Lipinski definition) is 1. The summed E-state index contributed by atoms with van der Waals surface area (Å²) in [5.74, 6) is -0.152. The number of carbonyl (C=O) groups excluding carboxylic acids is 1. The molecule has 0 unspecified atom stereocenters. The molecular weight excluding hydrogens is 202 g/mol. The van der Waals surface area contributed by atoms with E-state index >= 15 is 0 Å². The summed E-state index contributed by atoms with van der Waals surface area (Å²) in [6.45, 7) is 2.44. The van der Waals surface area contributed by atoms with Crippen molar-refractivity contribution in [3.63, 3.8) is 0 Å². The summed E-state index contributed by atoms with van der Waals surface area (Å²) in [5.41, 5.74) is 1.28. The van der Waals surface area contributed by atoms with E-state index in [-0.39, 0.29) is 5.91 Å². The Kier molecular flexibility index (Phi) is 5.00. The number of aromatic nitrogens is 1. The maximum atomic E-state index is 11.6. The number of pyridine rings is 1. The fraction of sp³-hybridized carbons (Fsp3) is 0.417. The van der Waals surface area contributed by atoms with E-state index in [0.29, 0.717) is 18.7 Å². The third kappa shape index (κ3) is 4.09. The highest BCUT2D eigenvalue weighted by Crippen LogP contribution is 1.98. The molecule has 0 saturated heterocycles. The van der Waals surface area contributed by atoms with Crippen LogP contribution in [0.4, 0.5) is 0 Å². The Morgan fingerprint density at radius 1 is 1.50 bits per heavy atom. The van der Waals surface area contributed by atoms with Crippen molar-refractivity contribution >= 4 is 5.91 Å². The maximum absolute atomic E-state index is 11.6. The second-order valence-electron chi connectivity index (χ2n) is 3.54. The normalized spacial score (nSPS) is 9.50. The molecule has 0 radical (unpaired) electrons. The summed E-state index contributed by atoms with van der Waals surface area (Å²) < 4.78 is 0. The SMILES string of the molecule is Cc1cccc(C(=O)NCCCCC#N)n1. The molecule has 1 aromatic rings. The third-order valence-electron chi connectivity index (χ3n) is 2.12. The third-order valence-corrected chi connectivity index (χ3v) is 2.12. The molecule has 1 heterocycles. The van der Waals surface area contributed by atoms with Crippen molar-refractivity contribution in [2.45, 2.75) is 26.2 Å². The van der Waals surface area contributed by atoms with E-state index in [1.165, 1.54) is 0 Å². The van der Waals surface area contributed by atoms with Gasteiger partial charge in [0, 0.05) is 18.7 Å². The lowest BCUT2D eigenvalue weighted by molar-refractivity contribution is 0.0948. The fourth-order valence-electron chi connectivity index (χ4n) is 1.29. The van der Waals surface area contributed by atoms with Crippen molar-refractivity contribution in [2.24, 2.45) is 0 Å². The number of unbranched alkanes of at least 4 members (excludes halogenated alkanes) is 2. The fourth-order valence-corrected chi connectivity index (χ4v) is 1.29. The van der Waals surface area contributed by atoms with E-state index in [4.69, 9.17) is 5.26 Å². The molecule has 0 fully saturated rings. The van der Waals surface area contributed by atoms with Crippen LogP contribution in [0.25, 0.3) is 0 Å². The first-order chi connectivity index (χ1) is 7.74. The molecule has 1 aromatic heterocycles. The van der Waals surface area contributed by atoms with E-state index in [1.807, 2.05) is 19.1 Å². The molecule has 16 heavy (non-hydrogen) atoms. The van der Waals surface area contributed by atoms with Crippen molar-refractivity contribution in [1.29, 1.82) is 5.26 Å². The van der Waals surface area contributed by atoms with E-state index in [1.54, 1.807) is 6.07 Å². The minimum absolute atomic E-state index is 0.152. The summed E-state index contributed by atoms with van der Waals surface area (Å²) in [7, 11) is 0. The molecule has 1 rings (SSSR count). The van der Waals surface area contributed by atoms with Crippen LogP contribution >= 0.6 is 0 Å². The summed E-state index contributed by atoms with van der Waals surface area (Å²) >= 11 is 0. The lowest BCUT2D eigenvalue weighted by atomic mass is 10.2. The van der Waals surface area contributed by atoms with E-state index in [0.717, 1.165) is 18.5 Å². The first-order valence-electron chi connectivity index (χ1n) is 5.33. The lowest BCUT2D eigenvalue weighted by Gasteiger charge is -2.03. The number of aryl methyl sites for hydroxylation is 1. The van der Waals surface area contributed by atoms with Crippen LogP contribution in [0.5, 0.6) is 0 Å². The Morgan fingerprint density at radius 3 is 3.00 bits per heavy atom. The predicted molar refractivity (Wildman–Crippen MR) is 60.8 cm³/mol. The number of nitrogens with zero attached hydrogens (tertiary/aromatic N) is 2. The van der Waals surface area contributed by atoms with Crippen LogP contribution in [-0.4, -0.2) is 17.4 Å². The minimum Gasteiger partial charge on any atom is -0.351 e. The zero-order valence-corrected chi connectivity index (χ0v) is 9.36. The van der Waals surface area contributed by atoms with Gasteiger partial charge in [-0.25, -0.2) is 4.98 Å². The Balaban J connectivity index is 2.33. The molecule has 4 heteroatoms. The number of hydrogen-bond acceptors (Lipinski definition) is 3. The largest absolute Gasteiger partial charge is 0.351 e. The van der Waals surface area contributed by atoms with Gasteiger partial charge in [-0.15, -0.1) is 0 Å². The number of nitriles is 1. The standard InChI is InChI=1S/C12H15N3O/c1-10-6-5-7-11(15-10)12(16)14-9-4-2-3-8-13/h5-7H,2-4,9H2,1H3,(H,14,16). The van der Waals surface area contributed by atoms with Crippen LogP contribution in [0.3, 0.4) is 0 Å². The average Bonchev–Trinajstić information content (AvgIpc) is 2.28. The van der Waals surface area contributed by atoms with Gasteiger partial charge in [-0.1, -0.05) is 6.07 Å². The van der Waals surface area contributed by atoms with Gasteiger partial charge in [-0.05, 0) is 31.9 Å². The van der Waals surface area contributed by atoms with Gasteiger partial charge in [0.1, 0.15) is 5.69 Å². The van der Waals surface area contributed by atoms with Gasteiger partial charge in [0.2, 0.25) is 0 Å². The number of rotatable bonds is 5. The molecule has 0 aliphatic heterocycles. The zero-order valence-electron chi connectivity index (χ0n) is 9.36. The molecule has 84 valence electrons. The molecule has 1 N–H and O–H groups in total. The van der Waals surface area contributed by atoms with E-state index in [2.05, 4.69) is 16.4 Å². The van der Waals surface area contributed by atoms with Gasteiger partial charge in [0.25, 0.3) is 5.91 Å². The molecule has 0 bridgehead atoms. The first kappa shape index (κ1) is 12.2. The van der Waals surface area contributed by atoms with Crippen LogP contribution in [0.2, 0.25) is 0 Å². The second kappa shape index (κ2) is 6.57. The van der Waals surface area contributed by atoms with Gasteiger partial charge in [0.05, 0.1) is 6.07 Å².